The van der Waals surface area contributed by atoms with E-state index in [1.165, 1.54) is 8.16 Å². The molecule has 0 atom stereocenters. The van der Waals surface area contributed by atoms with Gasteiger partial charge in [0.05, 0.1) is 0 Å². The first-order valence-corrected chi connectivity index (χ1v) is 7.62. The quantitative estimate of drug-likeness (QED) is 0.548. The molecule has 3 rings (SSSR count). The van der Waals surface area contributed by atoms with E-state index in [0.29, 0.717) is 14.5 Å². The summed E-state index contributed by atoms with van der Waals surface area (Å²) >= 11 is 2.17. The van der Waals surface area contributed by atoms with E-state index in [1.54, 1.807) is 18.0 Å². The summed E-state index contributed by atoms with van der Waals surface area (Å²) in [5.41, 5.74) is 1.14. The molecule has 0 spiro atoms. The zero-order valence-corrected chi connectivity index (χ0v) is 11.0. The van der Waals surface area contributed by atoms with Crippen LogP contribution in [0.5, 0.6) is 0 Å². The molecular formula is C12H9NOSSe. The molecule has 0 radical (unpaired) electrons. The second kappa shape index (κ2) is 4.50. The normalized spacial score (nSPS) is 11.0. The topological polar surface area (TPSA) is 26.0 Å². The predicted molar refractivity (Wildman–Crippen MR) is 67.0 cm³/mol. The minimum absolute atomic E-state index is 0.383. The Morgan fingerprint density at radius 1 is 1.19 bits per heavy atom. The SMILES string of the molecule is c1coc(CSc2nc3ccccc3[se]2)c1. The molecule has 0 aliphatic heterocycles. The standard InChI is InChI=1S/C12H9NOSSe/c1-2-6-11-10(5-1)13-12(16-11)15-8-9-4-3-7-14-9/h1-7H,8H2. The van der Waals surface area contributed by atoms with Gasteiger partial charge in [0.15, 0.2) is 0 Å². The molecule has 0 N–H and O–H groups in total. The summed E-state index contributed by atoms with van der Waals surface area (Å²) in [5.74, 6) is 1.89. The van der Waals surface area contributed by atoms with Crippen LogP contribution < -0.4 is 0 Å². The Morgan fingerprint density at radius 2 is 2.12 bits per heavy atom. The number of benzene rings is 1. The first-order chi connectivity index (χ1) is 7.92. The molecule has 4 heteroatoms. The second-order valence-corrected chi connectivity index (χ2v) is 7.03. The van der Waals surface area contributed by atoms with Crippen LogP contribution in [0.3, 0.4) is 0 Å². The second-order valence-electron chi connectivity index (χ2n) is 3.32. The van der Waals surface area contributed by atoms with Gasteiger partial charge in [-0.25, -0.2) is 0 Å². The maximum atomic E-state index is 5.30. The summed E-state index contributed by atoms with van der Waals surface area (Å²) in [7, 11) is 0. The van der Waals surface area contributed by atoms with Crippen molar-refractivity contribution in [2.75, 3.05) is 0 Å². The molecule has 80 valence electrons. The monoisotopic (exact) mass is 295 g/mol. The van der Waals surface area contributed by atoms with Gasteiger partial charge in [-0.3, -0.25) is 0 Å². The van der Waals surface area contributed by atoms with Gasteiger partial charge >= 0.3 is 104 Å². The van der Waals surface area contributed by atoms with Gasteiger partial charge in [0.2, 0.25) is 0 Å². The van der Waals surface area contributed by atoms with Crippen LogP contribution in [0.2, 0.25) is 0 Å². The third-order valence-electron chi connectivity index (χ3n) is 2.19. The molecule has 3 aromatic rings. The average molecular weight is 294 g/mol. The number of hydrogen-bond acceptors (Lipinski definition) is 3. The summed E-state index contributed by atoms with van der Waals surface area (Å²) in [5, 5.41) is 0. The average Bonchev–Trinajstić information content (AvgIpc) is 2.95. The Morgan fingerprint density at radius 3 is 2.94 bits per heavy atom. The third kappa shape index (κ3) is 2.09. The van der Waals surface area contributed by atoms with Crippen molar-refractivity contribution in [1.29, 1.82) is 0 Å². The van der Waals surface area contributed by atoms with Crippen molar-refractivity contribution >= 4 is 36.0 Å². The van der Waals surface area contributed by atoms with Gasteiger partial charge in [-0.05, 0) is 0 Å². The van der Waals surface area contributed by atoms with Gasteiger partial charge in [0, 0.05) is 0 Å². The number of furan rings is 1. The Bertz CT molecular complexity index is 555. The summed E-state index contributed by atoms with van der Waals surface area (Å²) < 4.78 is 7.93. The number of nitrogens with zero attached hydrogens (tertiary/aromatic N) is 1. The van der Waals surface area contributed by atoms with Crippen molar-refractivity contribution in [3.8, 4) is 0 Å². The summed E-state index contributed by atoms with van der Waals surface area (Å²) in [4.78, 5) is 4.62. The fraction of sp³-hybridized carbons (Fsp3) is 0.0833. The van der Waals surface area contributed by atoms with E-state index in [1.807, 2.05) is 18.2 Å². The van der Waals surface area contributed by atoms with Crippen molar-refractivity contribution in [2.45, 2.75) is 9.65 Å². The molecule has 1 aromatic carbocycles. The van der Waals surface area contributed by atoms with Crippen LogP contribution >= 0.6 is 11.8 Å². The molecule has 0 aliphatic rings. The van der Waals surface area contributed by atoms with Gasteiger partial charge < -0.3 is 0 Å². The number of fused-ring (bicyclic) bond motifs is 1. The molecule has 0 aliphatic carbocycles. The van der Waals surface area contributed by atoms with Crippen molar-refractivity contribution in [3.63, 3.8) is 0 Å². The summed E-state index contributed by atoms with van der Waals surface area (Å²) in [6.07, 6.45) is 1.71. The van der Waals surface area contributed by atoms with Crippen molar-refractivity contribution in [2.24, 2.45) is 0 Å². The number of thioether (sulfide) groups is 1. The third-order valence-corrected chi connectivity index (χ3v) is 5.88. The Kier molecular flexibility index (Phi) is 2.87. The van der Waals surface area contributed by atoms with Crippen molar-refractivity contribution < 1.29 is 4.42 Å². The summed E-state index contributed by atoms with van der Waals surface area (Å²) in [6, 6.07) is 12.3. The number of hydrogen-bond donors (Lipinski definition) is 0. The molecule has 0 amide bonds. The molecule has 0 saturated heterocycles. The van der Waals surface area contributed by atoms with Crippen molar-refractivity contribution in [1.82, 2.24) is 4.98 Å². The fourth-order valence-electron chi connectivity index (χ4n) is 1.44. The van der Waals surface area contributed by atoms with Crippen LogP contribution in [0, 0.1) is 0 Å². The van der Waals surface area contributed by atoms with Gasteiger partial charge in [-0.2, -0.15) is 0 Å². The van der Waals surface area contributed by atoms with Crippen LogP contribution in [-0.2, 0) is 5.75 Å². The zero-order chi connectivity index (χ0) is 10.8. The first kappa shape index (κ1) is 10.2. The molecule has 0 saturated carbocycles. The van der Waals surface area contributed by atoms with Gasteiger partial charge in [0.1, 0.15) is 0 Å². The van der Waals surface area contributed by atoms with Crippen LogP contribution in [0.4, 0.5) is 0 Å². The van der Waals surface area contributed by atoms with E-state index in [9.17, 15) is 0 Å². The fourth-order valence-corrected chi connectivity index (χ4v) is 4.76. The molecule has 0 fully saturated rings. The Labute approximate surface area is 103 Å². The minimum atomic E-state index is 0.383. The van der Waals surface area contributed by atoms with Crippen molar-refractivity contribution in [3.05, 3.63) is 48.4 Å². The maximum absolute atomic E-state index is 5.30. The van der Waals surface area contributed by atoms with E-state index >= 15 is 0 Å². The molecular weight excluding hydrogens is 285 g/mol. The molecule has 2 aromatic heterocycles. The number of para-hydroxylation sites is 1. The summed E-state index contributed by atoms with van der Waals surface area (Å²) in [6.45, 7) is 0. The molecule has 0 bridgehead atoms. The van der Waals surface area contributed by atoms with E-state index < -0.39 is 0 Å². The molecule has 0 unspecified atom stereocenters. The number of rotatable bonds is 3. The molecule has 16 heavy (non-hydrogen) atoms. The first-order valence-electron chi connectivity index (χ1n) is 4.92. The van der Waals surface area contributed by atoms with Gasteiger partial charge in [-0.15, -0.1) is 0 Å². The zero-order valence-electron chi connectivity index (χ0n) is 8.42. The van der Waals surface area contributed by atoms with E-state index in [2.05, 4.69) is 23.2 Å². The van der Waals surface area contributed by atoms with Gasteiger partial charge in [0.25, 0.3) is 0 Å². The van der Waals surface area contributed by atoms with Crippen LogP contribution in [0.25, 0.3) is 9.78 Å². The van der Waals surface area contributed by atoms with E-state index in [-0.39, 0.29) is 0 Å². The van der Waals surface area contributed by atoms with Gasteiger partial charge in [-0.1, -0.05) is 0 Å². The molecule has 2 nitrogen and oxygen atoms in total. The molecule has 2 heterocycles. The van der Waals surface area contributed by atoms with Crippen LogP contribution in [-0.4, -0.2) is 19.5 Å². The Balaban J connectivity index is 1.79. The van der Waals surface area contributed by atoms with E-state index in [4.69, 9.17) is 4.42 Å². The van der Waals surface area contributed by atoms with Crippen LogP contribution in [0.1, 0.15) is 5.76 Å². The van der Waals surface area contributed by atoms with E-state index in [0.717, 1.165) is 17.0 Å². The number of aromatic nitrogens is 1. The Hall–Kier alpha value is -0.961. The predicted octanol–water partition coefficient (Wildman–Crippen LogP) is 3.18. The van der Waals surface area contributed by atoms with Crippen LogP contribution in [0.15, 0.2) is 51.0 Å².